The van der Waals surface area contributed by atoms with Gasteiger partial charge in [0.25, 0.3) is 0 Å². The normalized spacial score (nSPS) is 21.8. The molecule has 3 aromatic rings. The van der Waals surface area contributed by atoms with Crippen molar-refractivity contribution in [2.75, 3.05) is 12.3 Å². The lowest BCUT2D eigenvalue weighted by Gasteiger charge is -2.39. The third kappa shape index (κ3) is 3.84. The summed E-state index contributed by atoms with van der Waals surface area (Å²) in [7, 11) is 0. The number of carbonyl (C=O) groups excluding carboxylic acids is 2. The average Bonchev–Trinajstić information content (AvgIpc) is 3.35. The van der Waals surface area contributed by atoms with Crippen LogP contribution in [0.3, 0.4) is 0 Å². The maximum Gasteiger partial charge on any atom is 0.248 e. The topological polar surface area (TPSA) is 147 Å². The average molecular weight is 493 g/mol. The fraction of sp³-hybridized carbons (Fsp3) is 0.500. The van der Waals surface area contributed by atoms with Gasteiger partial charge in [-0.15, -0.1) is 0 Å². The van der Waals surface area contributed by atoms with Crippen molar-refractivity contribution in [1.82, 2.24) is 24.5 Å². The molecular weight excluding hydrogens is 460 g/mol. The molecule has 0 aromatic carbocycles. The molecule has 2 aliphatic heterocycles. The van der Waals surface area contributed by atoms with Crippen molar-refractivity contribution >= 4 is 23.2 Å². The highest BCUT2D eigenvalue weighted by molar-refractivity contribution is 6.00. The van der Waals surface area contributed by atoms with Crippen LogP contribution in [-0.4, -0.2) is 65.1 Å². The third-order valence-electron chi connectivity index (χ3n) is 7.57. The first-order chi connectivity index (χ1) is 17.0. The first-order valence-corrected chi connectivity index (χ1v) is 12.3. The quantitative estimate of drug-likeness (QED) is 0.460. The van der Waals surface area contributed by atoms with Crippen LogP contribution in [0.5, 0.6) is 0 Å². The number of aliphatic hydroxyl groups excluding tert-OH is 1. The SMILES string of the molecule is CC(=O)c1c([C@H]2C[C@H]3CC[C@@H](C2)N3C(=O)CO)nc2c(-c3cnc(C(C)(C)O)c(C)c3)cnn2c1N. The van der Waals surface area contributed by atoms with Crippen LogP contribution in [0, 0.1) is 6.92 Å². The molecule has 5 rings (SSSR count). The number of hydrogen-bond donors (Lipinski definition) is 3. The Hall–Kier alpha value is -3.37. The number of piperidine rings is 1. The van der Waals surface area contributed by atoms with Crippen molar-refractivity contribution in [3.63, 3.8) is 0 Å². The zero-order chi connectivity index (χ0) is 25.9. The molecule has 0 aliphatic carbocycles. The van der Waals surface area contributed by atoms with Crippen LogP contribution in [0.15, 0.2) is 18.5 Å². The summed E-state index contributed by atoms with van der Waals surface area (Å²) < 4.78 is 1.49. The summed E-state index contributed by atoms with van der Waals surface area (Å²) in [6.07, 6.45) is 6.42. The maximum atomic E-state index is 12.7. The molecule has 2 bridgehead atoms. The number of ketones is 1. The van der Waals surface area contributed by atoms with Gasteiger partial charge in [0.1, 0.15) is 18.0 Å². The minimum Gasteiger partial charge on any atom is -0.387 e. The zero-order valence-electron chi connectivity index (χ0n) is 21.0. The summed E-state index contributed by atoms with van der Waals surface area (Å²) in [4.78, 5) is 36.3. The van der Waals surface area contributed by atoms with Gasteiger partial charge in [-0.3, -0.25) is 14.6 Å². The van der Waals surface area contributed by atoms with Crippen LogP contribution in [0.4, 0.5) is 5.82 Å². The second-order valence-corrected chi connectivity index (χ2v) is 10.6. The third-order valence-corrected chi connectivity index (χ3v) is 7.57. The highest BCUT2D eigenvalue weighted by Crippen LogP contribution is 2.44. The molecule has 2 fully saturated rings. The molecule has 10 heteroatoms. The lowest BCUT2D eigenvalue weighted by molar-refractivity contribution is -0.138. The van der Waals surface area contributed by atoms with Crippen molar-refractivity contribution in [1.29, 1.82) is 0 Å². The summed E-state index contributed by atoms with van der Waals surface area (Å²) in [6.45, 7) is 6.28. The van der Waals surface area contributed by atoms with Gasteiger partial charge in [-0.2, -0.15) is 9.61 Å². The molecule has 5 heterocycles. The van der Waals surface area contributed by atoms with Gasteiger partial charge in [0.05, 0.1) is 23.1 Å². The fourth-order valence-electron chi connectivity index (χ4n) is 6.14. The zero-order valence-corrected chi connectivity index (χ0v) is 21.0. The van der Waals surface area contributed by atoms with Gasteiger partial charge in [-0.05, 0) is 65.0 Å². The van der Waals surface area contributed by atoms with Gasteiger partial charge in [-0.1, -0.05) is 0 Å². The van der Waals surface area contributed by atoms with E-state index < -0.39 is 12.2 Å². The largest absolute Gasteiger partial charge is 0.387 e. The van der Waals surface area contributed by atoms with E-state index in [-0.39, 0.29) is 35.5 Å². The van der Waals surface area contributed by atoms with Crippen molar-refractivity contribution < 1.29 is 19.8 Å². The molecule has 2 aliphatic rings. The molecule has 4 N–H and O–H groups in total. The van der Waals surface area contributed by atoms with E-state index in [1.165, 1.54) is 11.4 Å². The molecule has 1 amide bonds. The number of nitrogen functional groups attached to an aromatic ring is 1. The molecule has 0 radical (unpaired) electrons. The van der Waals surface area contributed by atoms with Gasteiger partial charge in [-0.25, -0.2) is 4.98 Å². The summed E-state index contributed by atoms with van der Waals surface area (Å²) in [5.74, 6) is -0.224. The molecule has 3 aromatic heterocycles. The molecule has 0 spiro atoms. The number of nitrogens with zero attached hydrogens (tertiary/aromatic N) is 5. The fourth-order valence-corrected chi connectivity index (χ4v) is 6.14. The van der Waals surface area contributed by atoms with Gasteiger partial charge in [0.2, 0.25) is 5.91 Å². The summed E-state index contributed by atoms with van der Waals surface area (Å²) in [6, 6.07) is 1.96. The number of nitrogens with two attached hydrogens (primary N) is 1. The number of Topliss-reactive ketones (excluding diaryl/α,β-unsaturated/α-hetero) is 1. The standard InChI is InChI=1S/C26H32N6O4/c1-13-7-16(10-28-23(13)26(3,4)36)19-11-29-32-24(27)21(14(2)34)22(30-25(19)32)15-8-17-5-6-18(9-15)31(17)20(35)12-33/h7,10-11,15,17-18,33,36H,5-6,8-9,12,27H2,1-4H3/t15-,17+,18-. The number of aryl methyl sites for hydroxylation is 1. The molecular formula is C26H32N6O4. The van der Waals surface area contributed by atoms with E-state index in [2.05, 4.69) is 10.1 Å². The Balaban J connectivity index is 1.61. The van der Waals surface area contributed by atoms with Crippen LogP contribution in [-0.2, 0) is 10.4 Å². The Morgan fingerprint density at radius 2 is 1.86 bits per heavy atom. The van der Waals surface area contributed by atoms with Crippen LogP contribution in [0.25, 0.3) is 16.8 Å². The summed E-state index contributed by atoms with van der Waals surface area (Å²) in [5.41, 5.74) is 9.92. The van der Waals surface area contributed by atoms with E-state index in [4.69, 9.17) is 10.7 Å². The second kappa shape index (κ2) is 8.63. The Morgan fingerprint density at radius 1 is 1.19 bits per heavy atom. The van der Waals surface area contributed by atoms with Gasteiger partial charge in [0.15, 0.2) is 11.4 Å². The molecule has 2 saturated heterocycles. The number of aromatic nitrogens is 4. The van der Waals surface area contributed by atoms with Crippen molar-refractivity contribution in [2.45, 2.75) is 77.0 Å². The van der Waals surface area contributed by atoms with Crippen molar-refractivity contribution in [2.24, 2.45) is 0 Å². The monoisotopic (exact) mass is 492 g/mol. The number of carbonyl (C=O) groups is 2. The van der Waals surface area contributed by atoms with Gasteiger partial charge < -0.3 is 20.8 Å². The van der Waals surface area contributed by atoms with E-state index in [0.717, 1.165) is 29.5 Å². The van der Waals surface area contributed by atoms with E-state index in [0.29, 0.717) is 35.4 Å². The van der Waals surface area contributed by atoms with Gasteiger partial charge in [0, 0.05) is 35.3 Å². The molecule has 10 nitrogen and oxygen atoms in total. The number of fused-ring (bicyclic) bond motifs is 3. The van der Waals surface area contributed by atoms with Crippen LogP contribution in [0.2, 0.25) is 0 Å². The van der Waals surface area contributed by atoms with E-state index in [1.54, 1.807) is 26.2 Å². The number of aliphatic hydroxyl groups is 2. The van der Waals surface area contributed by atoms with E-state index >= 15 is 0 Å². The number of anilines is 1. The number of pyridine rings is 1. The molecule has 36 heavy (non-hydrogen) atoms. The minimum atomic E-state index is -1.07. The van der Waals surface area contributed by atoms with Crippen LogP contribution >= 0.6 is 0 Å². The van der Waals surface area contributed by atoms with Crippen molar-refractivity contribution in [3.05, 3.63) is 41.0 Å². The summed E-state index contributed by atoms with van der Waals surface area (Å²) >= 11 is 0. The number of amides is 1. The Kier molecular flexibility index (Phi) is 5.83. The number of hydrogen-bond acceptors (Lipinski definition) is 8. The van der Waals surface area contributed by atoms with Crippen molar-refractivity contribution in [3.8, 4) is 11.1 Å². The van der Waals surface area contributed by atoms with Gasteiger partial charge >= 0.3 is 0 Å². The first-order valence-electron chi connectivity index (χ1n) is 12.3. The Bertz CT molecular complexity index is 1360. The maximum absolute atomic E-state index is 12.7. The molecule has 3 atom stereocenters. The second-order valence-electron chi connectivity index (χ2n) is 10.6. The molecule has 190 valence electrons. The lowest BCUT2D eigenvalue weighted by atomic mass is 9.85. The number of rotatable bonds is 5. The van der Waals surface area contributed by atoms with E-state index in [9.17, 15) is 19.8 Å². The predicted octanol–water partition coefficient (Wildman–Crippen LogP) is 2.34. The minimum absolute atomic E-state index is 0.0121. The first kappa shape index (κ1) is 24.3. The lowest BCUT2D eigenvalue weighted by Crippen LogP contribution is -2.47. The Labute approximate surface area is 209 Å². The highest BCUT2D eigenvalue weighted by atomic mass is 16.3. The van der Waals surface area contributed by atoms with Crippen LogP contribution in [0.1, 0.15) is 79.7 Å². The highest BCUT2D eigenvalue weighted by Gasteiger charge is 2.44. The van der Waals surface area contributed by atoms with Crippen LogP contribution < -0.4 is 5.73 Å². The summed E-state index contributed by atoms with van der Waals surface area (Å²) in [5, 5.41) is 24.2. The van der Waals surface area contributed by atoms with E-state index in [1.807, 2.05) is 17.9 Å². The predicted molar refractivity (Wildman–Crippen MR) is 133 cm³/mol. The Morgan fingerprint density at radius 3 is 2.42 bits per heavy atom. The smallest absolute Gasteiger partial charge is 0.248 e. The molecule has 0 unspecified atom stereocenters. The molecule has 0 saturated carbocycles.